The van der Waals surface area contributed by atoms with E-state index in [1.807, 2.05) is 0 Å². The number of hydrogen-bond acceptors (Lipinski definition) is 0. The second-order valence-corrected chi connectivity index (χ2v) is 30.0. The van der Waals surface area contributed by atoms with Gasteiger partial charge in [0, 0.05) is 40.6 Å². The van der Waals surface area contributed by atoms with E-state index in [9.17, 15) is 105 Å². The third-order valence-electron chi connectivity index (χ3n) is 16.2. The summed E-state index contributed by atoms with van der Waals surface area (Å²) in [7, 11) is 5.37. The number of unbranched alkanes of at least 4 members (excludes halogenated alkanes) is 2. The molecule has 0 aliphatic heterocycles. The van der Waals surface area contributed by atoms with Crippen molar-refractivity contribution in [3.8, 4) is 0 Å². The van der Waals surface area contributed by atoms with Crippen LogP contribution in [0.1, 0.15) is 63.8 Å². The molecule has 0 saturated carbocycles. The minimum Gasteiger partial charge on any atom is -0.524 e. The average Bonchev–Trinajstić information content (AvgIpc) is 0.708. The molecule has 0 unspecified atom stereocenters. The van der Waals surface area contributed by atoms with E-state index in [0.717, 1.165) is 4.39 Å². The number of rotatable bonds is 16. The third-order valence-corrected chi connectivity index (χ3v) is 22.0. The average molecular weight is 1560 g/mol. The van der Waals surface area contributed by atoms with Gasteiger partial charge in [-0.1, -0.05) is 152 Å². The van der Waals surface area contributed by atoms with E-state index in [2.05, 4.69) is 173 Å². The smallest absolute Gasteiger partial charge is 0.416 e. The summed E-state index contributed by atoms with van der Waals surface area (Å²) < 4.78 is 342. The molecule has 0 fully saturated rings. The predicted octanol–water partition coefficient (Wildman–Crippen LogP) is 17.2. The zero-order chi connectivity index (χ0) is 73.4. The van der Waals surface area contributed by atoms with Crippen LogP contribution in [0, 0.1) is 0 Å². The first-order chi connectivity index (χ1) is 45.8. The molecule has 9 aromatic rings. The van der Waals surface area contributed by atoms with Gasteiger partial charge in [0.05, 0.1) is 93.9 Å². The van der Waals surface area contributed by atoms with Gasteiger partial charge < -0.3 is 4.39 Å². The molecule has 0 bridgehead atoms. The van der Waals surface area contributed by atoms with Gasteiger partial charge in [0.15, 0.2) is 0 Å². The largest absolute Gasteiger partial charge is 0.524 e. The third kappa shape index (κ3) is 22.2. The van der Waals surface area contributed by atoms with Gasteiger partial charge in [0.25, 0.3) is 0 Å². The molecule has 0 amide bonds. The first-order valence-electron chi connectivity index (χ1n) is 30.2. The molecule has 0 saturated heterocycles. The first kappa shape index (κ1) is 81.8. The van der Waals surface area contributed by atoms with Crippen LogP contribution < -0.4 is 48.5 Å². The van der Waals surface area contributed by atoms with E-state index in [1.54, 1.807) is 0 Å². The van der Waals surface area contributed by atoms with Crippen molar-refractivity contribution in [2.24, 2.45) is 0 Å². The van der Waals surface area contributed by atoms with Crippen molar-refractivity contribution in [3.05, 3.63) is 269 Å². The van der Waals surface area contributed by atoms with Gasteiger partial charge in [-0.2, -0.15) is 133 Å². The van der Waals surface area contributed by atoms with Crippen LogP contribution in [0.5, 0.6) is 0 Å². The molecule has 0 heterocycles. The van der Waals surface area contributed by atoms with Crippen molar-refractivity contribution in [1.82, 2.24) is 0 Å². The number of hydrogen-bond donors (Lipinski definition) is 0. The second kappa shape index (κ2) is 32.5. The number of halogens is 24. The number of quaternary nitrogens is 1. The van der Waals surface area contributed by atoms with Crippen LogP contribution in [0.25, 0.3) is 0 Å². The molecule has 9 aromatic carbocycles. The Morgan fingerprint density at radius 2 is 0.450 bits per heavy atom. The van der Waals surface area contributed by atoms with E-state index in [0.29, 0.717) is 0 Å². The molecule has 537 valence electrons. The molecule has 1 nitrogen and oxygen atoms in total. The standard InChI is InChI=1S/C32H12BF24.C29H30P2.C9H16BN.Rh/c34-25(35,36)13-1-14(26(37,38)39)6-21(5-13)33(22-7-15(27(40,41)42)2-16(8-22)28(43,44)45,23-9-17(29(46,47)48)3-18(10-23)30(49,50)51)24-11-19(31(52,53)54)4-20(12-24)32(55,56)57;1-6-16-26(17-7-1)30(27-18-8-2-9-19-27)24-14-5-15-25-31(28-20-10-3-11-21-28)29-22-12-4-13-23-29;1-11(2,3)10-9-7-5-4-6-8-9;/h1-12H;1-4,6-13,16-23H,5,14-15,24-25H2;4-8H,10H2,1-3H3;/q-1;;;/p+2. The Hall–Kier alpha value is -7.13. The van der Waals surface area contributed by atoms with E-state index in [-0.39, 0.29) is 26.9 Å². The van der Waals surface area contributed by atoms with Crippen molar-refractivity contribution in [3.63, 3.8) is 0 Å². The summed E-state index contributed by atoms with van der Waals surface area (Å²) in [4.78, 5) is 0. The maximum absolute atomic E-state index is 14.2. The van der Waals surface area contributed by atoms with Crippen molar-refractivity contribution < 1.29 is 129 Å². The molecule has 100 heavy (non-hydrogen) atoms. The van der Waals surface area contributed by atoms with Crippen molar-refractivity contribution in [2.45, 2.75) is 68.7 Å². The Balaban J connectivity index is 0.000000302. The number of benzene rings is 9. The fourth-order valence-electron chi connectivity index (χ4n) is 11.8. The van der Waals surface area contributed by atoms with Gasteiger partial charge in [0.1, 0.15) is 6.15 Å². The van der Waals surface area contributed by atoms with Crippen LogP contribution in [0.15, 0.2) is 224 Å². The monoisotopic (exact) mass is 1560 g/mol. The zero-order valence-corrected chi connectivity index (χ0v) is 56.5. The normalized spacial score (nSPS) is 12.9. The van der Waals surface area contributed by atoms with Crippen LogP contribution >= 0.6 is 15.8 Å². The second-order valence-electron chi connectivity index (χ2n) is 24.8. The Kier molecular flexibility index (Phi) is 26.6. The maximum Gasteiger partial charge on any atom is 0.416 e. The molecule has 9 rings (SSSR count). The molecule has 0 atom stereocenters. The Morgan fingerprint density at radius 1 is 0.270 bits per heavy atom. The van der Waals surface area contributed by atoms with Crippen LogP contribution in [0.3, 0.4) is 0 Å². The van der Waals surface area contributed by atoms with Crippen LogP contribution in [-0.4, -0.2) is 51.4 Å². The van der Waals surface area contributed by atoms with E-state index in [1.165, 1.54) is 58.3 Å². The summed E-state index contributed by atoms with van der Waals surface area (Å²) in [5.41, 5.74) is -28.7. The van der Waals surface area contributed by atoms with Crippen LogP contribution in [-0.2, 0) is 68.9 Å². The SMILES string of the molecule is C[N+](C)(C)[BH2-]c1ccccc1.FC(F)(F)c1cc([B-](c2cc(C(F)(F)F)cc(C(F)(F)F)c2)(c2cc(C(F)(F)F)cc(C(F)(F)F)c2)c2cc(C(F)(F)F)cc(C(F)(F)F)c2)cc(C(F)(F)F)c1.[Rh].c1ccc([PH+](CCCCC[PH+](c2ccccc2)c2ccccc2)c2ccccc2)cc1. The minimum atomic E-state index is -6.13. The summed E-state index contributed by atoms with van der Waals surface area (Å²) in [6.07, 6.45) is -48.2. The fraction of sp³-hybridized carbons (Fsp3) is 0.229. The molecule has 30 heteroatoms. The van der Waals surface area contributed by atoms with Gasteiger partial charge >= 0.3 is 49.4 Å². The summed E-state index contributed by atoms with van der Waals surface area (Å²) in [6.45, 7) is 0. The van der Waals surface area contributed by atoms with Crippen molar-refractivity contribution in [2.75, 3.05) is 33.5 Å². The molecule has 0 aliphatic rings. The predicted molar refractivity (Wildman–Crippen MR) is 347 cm³/mol. The molecular formula is C70H60B2F24NP2Rh+. The minimum absolute atomic E-state index is 0. The van der Waals surface area contributed by atoms with Gasteiger partial charge in [-0.3, -0.25) is 0 Å². The Bertz CT molecular complexity index is 3480. The Morgan fingerprint density at radius 3 is 0.620 bits per heavy atom. The topological polar surface area (TPSA) is 0 Å². The first-order valence-corrected chi connectivity index (χ1v) is 33.6. The number of alkyl halides is 24. The Labute approximate surface area is 575 Å². The van der Waals surface area contributed by atoms with E-state index < -0.39 is 211 Å². The summed E-state index contributed by atoms with van der Waals surface area (Å²) in [6, 6.07) is 46.6. The van der Waals surface area contributed by atoms with Gasteiger partial charge in [-0.05, 0) is 92.1 Å². The number of nitrogens with zero attached hydrogens (tertiary/aromatic N) is 1. The summed E-state index contributed by atoms with van der Waals surface area (Å²) in [5, 5.41) is 6.16. The van der Waals surface area contributed by atoms with Gasteiger partial charge in [-0.25, -0.2) is 0 Å². The van der Waals surface area contributed by atoms with E-state index >= 15 is 0 Å². The quantitative estimate of drug-likeness (QED) is 0.0391. The fourth-order valence-corrected chi connectivity index (χ4v) is 17.2. The molecule has 0 aliphatic carbocycles. The maximum atomic E-state index is 14.2. The van der Waals surface area contributed by atoms with Crippen molar-refractivity contribution >= 4 is 77.9 Å². The van der Waals surface area contributed by atoms with Gasteiger partial charge in [0.2, 0.25) is 7.41 Å². The van der Waals surface area contributed by atoms with Gasteiger partial charge in [-0.15, -0.1) is 0 Å². The van der Waals surface area contributed by atoms with Crippen molar-refractivity contribution in [1.29, 1.82) is 0 Å². The zero-order valence-electron chi connectivity index (χ0n) is 52.8. The molecule has 1 radical (unpaired) electrons. The molecular weight excluding hydrogens is 1500 g/mol. The molecule has 0 N–H and O–H groups in total. The molecule has 0 aromatic heterocycles. The van der Waals surface area contributed by atoms with Crippen LogP contribution in [0.4, 0.5) is 105 Å². The van der Waals surface area contributed by atoms with Crippen LogP contribution in [0.2, 0.25) is 0 Å². The summed E-state index contributed by atoms with van der Waals surface area (Å²) >= 11 is 0. The van der Waals surface area contributed by atoms with E-state index in [4.69, 9.17) is 0 Å². The molecule has 0 spiro atoms. The summed E-state index contributed by atoms with van der Waals surface area (Å²) in [5.74, 6) is 0.